The zero-order valence-electron chi connectivity index (χ0n) is 14.0. The standard InChI is InChI=1S/C19H23FN2OS/c1-19(2,24(21)23)12-16(13-6-4-3-5-7-13)17-11-10-15(14-8-9-14)18(20)22-17/h3-7,10-11,14,16H,8-9,12,21H2,1-2H3/t16-,24?/m0/s1. The van der Waals surface area contributed by atoms with Crippen molar-refractivity contribution >= 4 is 11.0 Å². The summed E-state index contributed by atoms with van der Waals surface area (Å²) in [7, 11) is -1.47. The van der Waals surface area contributed by atoms with Crippen molar-refractivity contribution in [3.8, 4) is 0 Å². The summed E-state index contributed by atoms with van der Waals surface area (Å²) in [6.45, 7) is 3.74. The van der Waals surface area contributed by atoms with Gasteiger partial charge in [0.15, 0.2) is 0 Å². The van der Waals surface area contributed by atoms with Crippen LogP contribution in [0.3, 0.4) is 0 Å². The van der Waals surface area contributed by atoms with Crippen LogP contribution in [-0.4, -0.2) is 13.9 Å². The Hall–Kier alpha value is -1.59. The molecular weight excluding hydrogens is 323 g/mol. The van der Waals surface area contributed by atoms with Crippen molar-refractivity contribution in [2.24, 2.45) is 5.14 Å². The molecule has 1 saturated carbocycles. The van der Waals surface area contributed by atoms with Crippen molar-refractivity contribution in [1.29, 1.82) is 0 Å². The molecule has 2 aromatic rings. The third kappa shape index (κ3) is 3.73. The lowest BCUT2D eigenvalue weighted by Crippen LogP contribution is -2.34. The van der Waals surface area contributed by atoms with Gasteiger partial charge in [0.25, 0.3) is 0 Å². The number of benzene rings is 1. The second kappa shape index (κ2) is 6.73. The Labute approximate surface area is 145 Å². The Morgan fingerprint density at radius 2 is 1.92 bits per heavy atom. The van der Waals surface area contributed by atoms with Crippen LogP contribution in [0.4, 0.5) is 4.39 Å². The fraction of sp³-hybridized carbons (Fsp3) is 0.421. The number of aromatic nitrogens is 1. The quantitative estimate of drug-likeness (QED) is 0.803. The molecule has 1 heterocycles. The van der Waals surface area contributed by atoms with E-state index in [1.807, 2.05) is 56.3 Å². The molecule has 3 rings (SSSR count). The molecule has 2 atom stereocenters. The molecule has 1 aliphatic carbocycles. The average Bonchev–Trinajstić information content (AvgIpc) is 3.38. The lowest BCUT2D eigenvalue weighted by atomic mass is 9.86. The molecule has 24 heavy (non-hydrogen) atoms. The van der Waals surface area contributed by atoms with Crippen molar-refractivity contribution in [1.82, 2.24) is 4.98 Å². The van der Waals surface area contributed by atoms with Gasteiger partial charge in [-0.2, -0.15) is 4.39 Å². The van der Waals surface area contributed by atoms with Crippen LogP contribution in [0, 0.1) is 5.95 Å². The Bertz CT molecular complexity index is 744. The van der Waals surface area contributed by atoms with E-state index < -0.39 is 15.7 Å². The largest absolute Gasteiger partial charge is 0.251 e. The first kappa shape index (κ1) is 17.2. The molecule has 0 bridgehead atoms. The van der Waals surface area contributed by atoms with Gasteiger partial charge in [0.1, 0.15) is 0 Å². The van der Waals surface area contributed by atoms with Crippen molar-refractivity contribution in [3.05, 3.63) is 65.2 Å². The number of hydrogen-bond acceptors (Lipinski definition) is 2. The van der Waals surface area contributed by atoms with Crippen molar-refractivity contribution < 1.29 is 8.60 Å². The van der Waals surface area contributed by atoms with Crippen molar-refractivity contribution in [3.63, 3.8) is 0 Å². The minimum atomic E-state index is -1.47. The van der Waals surface area contributed by atoms with E-state index in [0.717, 1.165) is 18.4 Å². The van der Waals surface area contributed by atoms with Crippen LogP contribution in [0.2, 0.25) is 0 Å². The van der Waals surface area contributed by atoms with Crippen LogP contribution in [0.5, 0.6) is 0 Å². The molecule has 0 spiro atoms. The van der Waals surface area contributed by atoms with Crippen LogP contribution in [0.1, 0.15) is 61.8 Å². The molecule has 128 valence electrons. The van der Waals surface area contributed by atoms with Gasteiger partial charge in [-0.25, -0.2) is 9.19 Å². The van der Waals surface area contributed by atoms with Gasteiger partial charge in [-0.15, -0.1) is 0 Å². The van der Waals surface area contributed by atoms with Gasteiger partial charge >= 0.3 is 0 Å². The smallest absolute Gasteiger partial charge is 0.216 e. The van der Waals surface area contributed by atoms with Gasteiger partial charge in [-0.1, -0.05) is 36.4 Å². The number of rotatable bonds is 6. The van der Waals surface area contributed by atoms with Gasteiger partial charge in [0, 0.05) is 11.5 Å². The summed E-state index contributed by atoms with van der Waals surface area (Å²) in [5, 5.41) is 5.65. The molecule has 1 aromatic carbocycles. The summed E-state index contributed by atoms with van der Waals surface area (Å²) < 4.78 is 25.7. The summed E-state index contributed by atoms with van der Waals surface area (Å²) in [5.74, 6) is -0.186. The van der Waals surface area contributed by atoms with Crippen LogP contribution in [-0.2, 0) is 11.0 Å². The lowest BCUT2D eigenvalue weighted by Gasteiger charge is -2.27. The highest BCUT2D eigenvalue weighted by molar-refractivity contribution is 7.84. The van der Waals surface area contributed by atoms with E-state index in [4.69, 9.17) is 5.14 Å². The fourth-order valence-corrected chi connectivity index (χ4v) is 3.34. The average molecular weight is 346 g/mol. The van der Waals surface area contributed by atoms with Gasteiger partial charge in [-0.3, -0.25) is 5.14 Å². The van der Waals surface area contributed by atoms with Crippen LogP contribution in [0.15, 0.2) is 42.5 Å². The van der Waals surface area contributed by atoms with Crippen molar-refractivity contribution in [2.45, 2.75) is 49.7 Å². The van der Waals surface area contributed by atoms with Gasteiger partial charge in [0.2, 0.25) is 5.95 Å². The van der Waals surface area contributed by atoms with Gasteiger partial charge < -0.3 is 0 Å². The maximum atomic E-state index is 14.4. The van der Waals surface area contributed by atoms with Crippen molar-refractivity contribution in [2.75, 3.05) is 0 Å². The Morgan fingerprint density at radius 1 is 1.25 bits per heavy atom. The Morgan fingerprint density at radius 3 is 2.46 bits per heavy atom. The summed E-state index contributed by atoms with van der Waals surface area (Å²) >= 11 is 0. The van der Waals surface area contributed by atoms with E-state index in [1.165, 1.54) is 0 Å². The Balaban J connectivity index is 1.98. The van der Waals surface area contributed by atoms with E-state index in [-0.39, 0.29) is 11.9 Å². The Kier molecular flexibility index (Phi) is 4.83. The molecule has 0 saturated heterocycles. The molecule has 0 radical (unpaired) electrons. The topological polar surface area (TPSA) is 56.0 Å². The number of nitrogens with two attached hydrogens (primary N) is 1. The zero-order valence-corrected chi connectivity index (χ0v) is 14.9. The predicted octanol–water partition coefficient (Wildman–Crippen LogP) is 4.02. The minimum Gasteiger partial charge on any atom is -0.251 e. The monoisotopic (exact) mass is 346 g/mol. The summed E-state index contributed by atoms with van der Waals surface area (Å²) in [6, 6.07) is 13.6. The van der Waals surface area contributed by atoms with E-state index in [2.05, 4.69) is 4.98 Å². The van der Waals surface area contributed by atoms with Gasteiger partial charge in [0.05, 0.1) is 21.4 Å². The normalized spacial score (nSPS) is 17.5. The minimum absolute atomic E-state index is 0.142. The first-order valence-electron chi connectivity index (χ1n) is 8.26. The van der Waals surface area contributed by atoms with Crippen LogP contribution >= 0.6 is 0 Å². The maximum Gasteiger partial charge on any atom is 0.216 e. The highest BCUT2D eigenvalue weighted by Gasteiger charge is 2.32. The molecule has 1 aliphatic rings. The lowest BCUT2D eigenvalue weighted by molar-refractivity contribution is 0.525. The molecule has 3 nitrogen and oxygen atoms in total. The number of halogens is 1. The summed E-state index contributed by atoms with van der Waals surface area (Å²) in [6.07, 6.45) is 2.62. The fourth-order valence-electron chi connectivity index (χ4n) is 3.00. The predicted molar refractivity (Wildman–Crippen MR) is 95.5 cm³/mol. The van der Waals surface area contributed by atoms with E-state index in [9.17, 15) is 8.60 Å². The molecule has 1 fully saturated rings. The van der Waals surface area contributed by atoms with Crippen LogP contribution < -0.4 is 5.14 Å². The second-order valence-electron chi connectivity index (χ2n) is 7.11. The first-order valence-corrected chi connectivity index (χ1v) is 9.47. The zero-order chi connectivity index (χ0) is 17.3. The van der Waals surface area contributed by atoms with Gasteiger partial charge in [-0.05, 0) is 50.7 Å². The molecule has 0 aliphatic heterocycles. The SMILES string of the molecule is CC(C)(C[C@@H](c1ccccc1)c1ccc(C2CC2)c(F)n1)S(N)=O. The molecular formula is C19H23FN2OS. The van der Waals surface area contributed by atoms with Crippen LogP contribution in [0.25, 0.3) is 0 Å². The number of nitrogens with zero attached hydrogens (tertiary/aromatic N) is 1. The molecule has 1 unspecified atom stereocenters. The molecule has 1 aromatic heterocycles. The first-order chi connectivity index (χ1) is 11.4. The maximum absolute atomic E-state index is 14.4. The van der Waals surface area contributed by atoms with E-state index in [1.54, 1.807) is 0 Å². The highest BCUT2D eigenvalue weighted by Crippen LogP contribution is 2.42. The number of pyridine rings is 1. The third-order valence-electron chi connectivity index (χ3n) is 4.72. The third-order valence-corrected chi connectivity index (χ3v) is 5.97. The van der Waals surface area contributed by atoms with E-state index in [0.29, 0.717) is 23.6 Å². The molecule has 2 N–H and O–H groups in total. The van der Waals surface area contributed by atoms with E-state index >= 15 is 0 Å². The molecule has 5 heteroatoms. The summed E-state index contributed by atoms with van der Waals surface area (Å²) in [5.41, 5.74) is 2.41. The molecule has 0 amide bonds. The number of hydrogen-bond donors (Lipinski definition) is 1. The summed E-state index contributed by atoms with van der Waals surface area (Å²) in [4.78, 5) is 4.25. The second-order valence-corrected chi connectivity index (χ2v) is 8.81. The highest BCUT2D eigenvalue weighted by atomic mass is 32.2.